The van der Waals surface area contributed by atoms with E-state index in [2.05, 4.69) is 25.1 Å². The van der Waals surface area contributed by atoms with E-state index in [1.807, 2.05) is 0 Å². The van der Waals surface area contributed by atoms with Crippen LogP contribution in [0, 0.1) is 0 Å². The van der Waals surface area contributed by atoms with Crippen LogP contribution < -0.4 is 4.90 Å². The first-order valence-electron chi connectivity index (χ1n) is 6.50. The molecule has 0 radical (unpaired) electrons. The van der Waals surface area contributed by atoms with Gasteiger partial charge in [-0.25, -0.2) is 9.97 Å². The van der Waals surface area contributed by atoms with Crippen LogP contribution in [-0.4, -0.2) is 56.7 Å². The Kier molecular flexibility index (Phi) is 2.27. The Morgan fingerprint density at radius 1 is 1.42 bits per heavy atom. The number of aromatic amines is 1. The minimum atomic E-state index is -0.404. The predicted molar refractivity (Wildman–Crippen MR) is 67.8 cm³/mol. The molecule has 2 aliphatic rings. The second-order valence-electron chi connectivity index (χ2n) is 5.26. The monoisotopic (exact) mass is 261 g/mol. The van der Waals surface area contributed by atoms with E-state index in [-0.39, 0.29) is 6.10 Å². The van der Waals surface area contributed by atoms with Gasteiger partial charge in [-0.3, -0.25) is 5.10 Å². The number of aliphatic hydroxyl groups excluding tert-OH is 1. The summed E-state index contributed by atoms with van der Waals surface area (Å²) in [5, 5.41) is 17.8. The van der Waals surface area contributed by atoms with Crippen LogP contribution >= 0.6 is 0 Å². The van der Waals surface area contributed by atoms with Crippen LogP contribution in [-0.2, 0) is 4.74 Å². The second kappa shape index (κ2) is 3.88. The van der Waals surface area contributed by atoms with Gasteiger partial charge in [-0.15, -0.1) is 0 Å². The normalized spacial score (nSPS) is 25.7. The lowest BCUT2D eigenvalue weighted by Gasteiger charge is -2.54. The number of rotatable bonds is 1. The van der Waals surface area contributed by atoms with Crippen LogP contribution in [0.5, 0.6) is 0 Å². The van der Waals surface area contributed by atoms with Crippen LogP contribution in [0.3, 0.4) is 0 Å². The number of hydrogen-bond acceptors (Lipinski definition) is 6. The quantitative estimate of drug-likeness (QED) is 0.756. The smallest absolute Gasteiger partial charge is 0.160 e. The fraction of sp³-hybridized carbons (Fsp3) is 0.583. The molecular weight excluding hydrogens is 246 g/mol. The van der Waals surface area contributed by atoms with Crippen molar-refractivity contribution >= 4 is 16.9 Å². The van der Waals surface area contributed by atoms with Crippen LogP contribution in [0.25, 0.3) is 11.0 Å². The molecule has 2 N–H and O–H groups in total. The van der Waals surface area contributed by atoms with Crippen molar-refractivity contribution in [3.8, 4) is 0 Å². The topological polar surface area (TPSA) is 87.2 Å². The number of aliphatic hydroxyl groups is 1. The van der Waals surface area contributed by atoms with Gasteiger partial charge in [0.15, 0.2) is 5.65 Å². The van der Waals surface area contributed by atoms with Crippen molar-refractivity contribution in [3.05, 3.63) is 12.5 Å². The van der Waals surface area contributed by atoms with Crippen LogP contribution in [0.4, 0.5) is 5.82 Å². The average molecular weight is 261 g/mol. The molecule has 2 aliphatic heterocycles. The third kappa shape index (κ3) is 1.55. The molecule has 1 atom stereocenters. The minimum absolute atomic E-state index is 0.376. The highest BCUT2D eigenvalue weighted by Crippen LogP contribution is 2.38. The van der Waals surface area contributed by atoms with Crippen molar-refractivity contribution in [2.75, 3.05) is 24.6 Å². The second-order valence-corrected chi connectivity index (χ2v) is 5.26. The summed E-state index contributed by atoms with van der Waals surface area (Å²) in [6.07, 6.45) is 4.63. The number of anilines is 1. The zero-order valence-corrected chi connectivity index (χ0v) is 10.4. The molecule has 0 aliphatic carbocycles. The van der Waals surface area contributed by atoms with E-state index in [9.17, 15) is 5.11 Å². The molecule has 0 bridgehead atoms. The Bertz CT molecular complexity index is 607. The molecule has 1 unspecified atom stereocenters. The lowest BCUT2D eigenvalue weighted by molar-refractivity contribution is -0.166. The van der Waals surface area contributed by atoms with Crippen molar-refractivity contribution < 1.29 is 9.84 Å². The van der Waals surface area contributed by atoms with Crippen molar-refractivity contribution in [2.45, 2.75) is 24.5 Å². The van der Waals surface area contributed by atoms with Crippen LogP contribution in [0.15, 0.2) is 12.5 Å². The molecule has 7 heteroatoms. The zero-order chi connectivity index (χ0) is 12.9. The van der Waals surface area contributed by atoms with Crippen molar-refractivity contribution in [2.24, 2.45) is 0 Å². The molecule has 2 aromatic heterocycles. The number of aromatic nitrogens is 4. The van der Waals surface area contributed by atoms with Crippen LogP contribution in [0.2, 0.25) is 0 Å². The summed E-state index contributed by atoms with van der Waals surface area (Å²) in [5.74, 6) is 0.853. The maximum Gasteiger partial charge on any atom is 0.160 e. The summed E-state index contributed by atoms with van der Waals surface area (Å²) < 4.78 is 5.80. The van der Waals surface area contributed by atoms with E-state index in [4.69, 9.17) is 4.74 Å². The summed E-state index contributed by atoms with van der Waals surface area (Å²) >= 11 is 0. The Morgan fingerprint density at radius 2 is 2.32 bits per heavy atom. The number of hydrogen-bond donors (Lipinski definition) is 2. The fourth-order valence-corrected chi connectivity index (χ4v) is 2.97. The first kappa shape index (κ1) is 11.1. The van der Waals surface area contributed by atoms with E-state index >= 15 is 0 Å². The molecule has 0 saturated carbocycles. The average Bonchev–Trinajstić information content (AvgIpc) is 2.85. The summed E-state index contributed by atoms with van der Waals surface area (Å²) in [4.78, 5) is 10.6. The van der Waals surface area contributed by atoms with E-state index in [1.165, 1.54) is 6.33 Å². The van der Waals surface area contributed by atoms with Gasteiger partial charge in [-0.2, -0.15) is 5.10 Å². The molecule has 2 saturated heterocycles. The molecule has 2 fully saturated rings. The number of H-pyrrole nitrogens is 1. The van der Waals surface area contributed by atoms with Gasteiger partial charge in [0.05, 0.1) is 30.8 Å². The molecule has 2 aromatic rings. The molecule has 0 amide bonds. The minimum Gasteiger partial charge on any atom is -0.390 e. The van der Waals surface area contributed by atoms with Gasteiger partial charge in [0.25, 0.3) is 0 Å². The highest BCUT2D eigenvalue weighted by atomic mass is 16.5. The summed E-state index contributed by atoms with van der Waals surface area (Å²) in [7, 11) is 0. The number of ether oxygens (including phenoxy) is 1. The van der Waals surface area contributed by atoms with Crippen molar-refractivity contribution in [3.63, 3.8) is 0 Å². The van der Waals surface area contributed by atoms with Gasteiger partial charge in [-0.05, 0) is 12.8 Å². The number of fused-ring (bicyclic) bond motifs is 1. The van der Waals surface area contributed by atoms with Crippen molar-refractivity contribution in [1.29, 1.82) is 0 Å². The standard InChI is InChI=1S/C12H15N5O2/c18-9-2-1-3-19-12(9)5-17(6-12)11-8-4-15-16-10(8)13-7-14-11/h4,7,9,18H,1-3,5-6H2,(H,13,14,15,16). The van der Waals surface area contributed by atoms with E-state index < -0.39 is 5.60 Å². The lowest BCUT2D eigenvalue weighted by atomic mass is 9.83. The number of nitrogens with zero attached hydrogens (tertiary/aromatic N) is 4. The third-order valence-corrected chi connectivity index (χ3v) is 4.06. The number of nitrogens with one attached hydrogen (secondary N) is 1. The molecule has 1 spiro atoms. The highest BCUT2D eigenvalue weighted by molar-refractivity contribution is 5.86. The van der Waals surface area contributed by atoms with Crippen LogP contribution in [0.1, 0.15) is 12.8 Å². The Hall–Kier alpha value is -1.73. The predicted octanol–water partition coefficient (Wildman–Crippen LogP) is 0.0830. The zero-order valence-electron chi connectivity index (χ0n) is 10.4. The third-order valence-electron chi connectivity index (χ3n) is 4.06. The van der Waals surface area contributed by atoms with Gasteiger partial charge in [0.2, 0.25) is 0 Å². The van der Waals surface area contributed by atoms with E-state index in [0.717, 1.165) is 36.3 Å². The first-order chi connectivity index (χ1) is 9.28. The maximum atomic E-state index is 10.1. The molecule has 4 rings (SSSR count). The van der Waals surface area contributed by atoms with Gasteiger partial charge in [0, 0.05) is 6.61 Å². The van der Waals surface area contributed by atoms with Gasteiger partial charge in [0.1, 0.15) is 17.7 Å². The summed E-state index contributed by atoms with van der Waals surface area (Å²) in [6, 6.07) is 0. The fourth-order valence-electron chi connectivity index (χ4n) is 2.97. The molecule has 4 heterocycles. The molecule has 0 aromatic carbocycles. The van der Waals surface area contributed by atoms with E-state index in [0.29, 0.717) is 13.1 Å². The van der Waals surface area contributed by atoms with E-state index in [1.54, 1.807) is 6.20 Å². The van der Waals surface area contributed by atoms with Crippen molar-refractivity contribution in [1.82, 2.24) is 20.2 Å². The van der Waals surface area contributed by atoms with Gasteiger partial charge in [-0.1, -0.05) is 0 Å². The maximum absolute atomic E-state index is 10.1. The molecule has 100 valence electrons. The Morgan fingerprint density at radius 3 is 3.16 bits per heavy atom. The molecule has 19 heavy (non-hydrogen) atoms. The first-order valence-corrected chi connectivity index (χ1v) is 6.50. The van der Waals surface area contributed by atoms with Gasteiger partial charge < -0.3 is 14.7 Å². The molecule has 7 nitrogen and oxygen atoms in total. The SMILES string of the molecule is OC1CCCOC12CN(c1ncnc3[nH]ncc13)C2. The largest absolute Gasteiger partial charge is 0.390 e. The lowest BCUT2D eigenvalue weighted by Crippen LogP contribution is -2.70. The Labute approximate surface area is 109 Å². The molecular formula is C12H15N5O2. The Balaban J connectivity index is 1.61. The van der Waals surface area contributed by atoms with Gasteiger partial charge >= 0.3 is 0 Å². The summed E-state index contributed by atoms with van der Waals surface area (Å²) in [6.45, 7) is 2.08. The summed E-state index contributed by atoms with van der Waals surface area (Å²) in [5.41, 5.74) is 0.329. The highest BCUT2D eigenvalue weighted by Gasteiger charge is 2.51.